The Labute approximate surface area is 126 Å². The van der Waals surface area contributed by atoms with Gasteiger partial charge in [0.25, 0.3) is 0 Å². The lowest BCUT2D eigenvalue weighted by atomic mass is 9.76. The minimum atomic E-state index is -0.158. The molecule has 1 saturated carbocycles. The van der Waals surface area contributed by atoms with Crippen molar-refractivity contribution in [3.8, 4) is 0 Å². The summed E-state index contributed by atoms with van der Waals surface area (Å²) in [5.41, 5.74) is 2.67. The van der Waals surface area contributed by atoms with Crippen LogP contribution in [-0.2, 0) is 17.9 Å². The van der Waals surface area contributed by atoms with E-state index in [1.807, 2.05) is 0 Å². The summed E-state index contributed by atoms with van der Waals surface area (Å²) in [7, 11) is 0. The highest BCUT2D eigenvalue weighted by molar-refractivity contribution is 5.78. The van der Waals surface area contributed by atoms with Gasteiger partial charge in [0.05, 0.1) is 12.6 Å². The van der Waals surface area contributed by atoms with Crippen molar-refractivity contribution in [3.63, 3.8) is 0 Å². The summed E-state index contributed by atoms with van der Waals surface area (Å²) in [6, 6.07) is 8.59. The first-order valence-electron chi connectivity index (χ1n) is 7.92. The van der Waals surface area contributed by atoms with E-state index >= 15 is 0 Å². The average Bonchev–Trinajstić information content (AvgIpc) is 2.83. The topological polar surface area (TPSA) is 52.6 Å². The Hall–Kier alpha value is -1.39. The second kappa shape index (κ2) is 6.16. The molecule has 2 aliphatic rings. The molecule has 0 saturated heterocycles. The zero-order valence-electron chi connectivity index (χ0n) is 12.6. The molecule has 0 bridgehead atoms. The van der Waals surface area contributed by atoms with Crippen molar-refractivity contribution in [2.45, 2.75) is 51.4 Å². The van der Waals surface area contributed by atoms with Gasteiger partial charge in [-0.15, -0.1) is 0 Å². The number of benzene rings is 1. The first-order chi connectivity index (χ1) is 10.2. The van der Waals surface area contributed by atoms with Gasteiger partial charge in [0, 0.05) is 19.1 Å². The van der Waals surface area contributed by atoms with Gasteiger partial charge in [-0.05, 0) is 36.3 Å². The van der Waals surface area contributed by atoms with Gasteiger partial charge in [-0.3, -0.25) is 9.69 Å². The summed E-state index contributed by atoms with van der Waals surface area (Å²) in [6.07, 6.45) is 2.43. The molecule has 1 heterocycles. The van der Waals surface area contributed by atoms with Crippen LogP contribution in [0.4, 0.5) is 0 Å². The van der Waals surface area contributed by atoms with Gasteiger partial charge in [-0.2, -0.15) is 0 Å². The number of carbonyl (C=O) groups excluding carboxylic acids is 1. The Bertz CT molecular complexity index is 486. The fraction of sp³-hybridized carbons (Fsp3) is 0.588. The van der Waals surface area contributed by atoms with Crippen molar-refractivity contribution in [1.82, 2.24) is 10.2 Å². The molecule has 1 fully saturated rings. The summed E-state index contributed by atoms with van der Waals surface area (Å²) in [5, 5.41) is 12.6. The molecule has 4 nitrogen and oxygen atoms in total. The first-order valence-corrected chi connectivity index (χ1v) is 7.92. The predicted molar refractivity (Wildman–Crippen MR) is 81.5 cm³/mol. The highest BCUT2D eigenvalue weighted by Gasteiger charge is 2.34. The van der Waals surface area contributed by atoms with Gasteiger partial charge in [-0.1, -0.05) is 31.2 Å². The molecule has 1 amide bonds. The van der Waals surface area contributed by atoms with Crippen LogP contribution in [0.15, 0.2) is 24.3 Å². The van der Waals surface area contributed by atoms with Gasteiger partial charge in [-0.25, -0.2) is 0 Å². The zero-order valence-corrected chi connectivity index (χ0v) is 12.6. The van der Waals surface area contributed by atoms with Crippen LogP contribution < -0.4 is 5.32 Å². The van der Waals surface area contributed by atoms with Crippen LogP contribution >= 0.6 is 0 Å². The summed E-state index contributed by atoms with van der Waals surface area (Å²) in [4.78, 5) is 14.4. The summed E-state index contributed by atoms with van der Waals surface area (Å²) < 4.78 is 0. The molecular formula is C17H24N2O2. The highest BCUT2D eigenvalue weighted by atomic mass is 16.3. The van der Waals surface area contributed by atoms with E-state index in [2.05, 4.69) is 41.4 Å². The van der Waals surface area contributed by atoms with Crippen LogP contribution in [0.1, 0.15) is 37.3 Å². The minimum absolute atomic E-state index is 0.107. The largest absolute Gasteiger partial charge is 0.393 e. The van der Waals surface area contributed by atoms with E-state index in [9.17, 15) is 9.90 Å². The fourth-order valence-corrected chi connectivity index (χ4v) is 3.48. The molecule has 1 aromatic rings. The Morgan fingerprint density at radius 2 is 1.95 bits per heavy atom. The lowest BCUT2D eigenvalue weighted by Crippen LogP contribution is -2.48. The summed E-state index contributed by atoms with van der Waals surface area (Å²) in [6.45, 7) is 4.28. The van der Waals surface area contributed by atoms with Crippen LogP contribution in [0.2, 0.25) is 0 Å². The average molecular weight is 288 g/mol. The number of nitrogens with zero attached hydrogens (tertiary/aromatic N) is 1. The van der Waals surface area contributed by atoms with E-state index < -0.39 is 0 Å². The van der Waals surface area contributed by atoms with Crippen LogP contribution in [0.5, 0.6) is 0 Å². The van der Waals surface area contributed by atoms with E-state index in [4.69, 9.17) is 0 Å². The van der Waals surface area contributed by atoms with Crippen LogP contribution in [0.3, 0.4) is 0 Å². The Kier molecular flexibility index (Phi) is 4.27. The van der Waals surface area contributed by atoms with Gasteiger partial charge in [0.2, 0.25) is 5.91 Å². The molecule has 114 valence electrons. The number of nitrogens with one attached hydrogen (secondary N) is 1. The third-order valence-electron chi connectivity index (χ3n) is 4.78. The molecule has 0 aromatic heterocycles. The molecule has 1 atom stereocenters. The van der Waals surface area contributed by atoms with E-state index in [1.54, 1.807) is 0 Å². The standard InChI is InChI=1S/C17H24N2O2/c1-2-16(14-7-15(20)8-14)18-17(21)11-19-9-12-5-3-4-6-13(12)10-19/h3-6,14-16,20H,2,7-11H2,1H3,(H,18,21)/t14?,15?,16-/m1/s1. The smallest absolute Gasteiger partial charge is 0.234 e. The predicted octanol–water partition coefficient (Wildman–Crippen LogP) is 1.67. The van der Waals surface area contributed by atoms with Crippen molar-refractivity contribution in [2.75, 3.05) is 6.54 Å². The van der Waals surface area contributed by atoms with Crippen molar-refractivity contribution in [1.29, 1.82) is 0 Å². The van der Waals surface area contributed by atoms with Gasteiger partial charge in [0.15, 0.2) is 0 Å². The second-order valence-electron chi connectivity index (χ2n) is 6.38. The van der Waals surface area contributed by atoms with E-state index in [0.29, 0.717) is 12.5 Å². The SMILES string of the molecule is CC[C@@H](NC(=O)CN1Cc2ccccc2C1)C1CC(O)C1. The molecule has 0 radical (unpaired) electrons. The molecule has 21 heavy (non-hydrogen) atoms. The van der Waals surface area contributed by atoms with E-state index in [1.165, 1.54) is 11.1 Å². The monoisotopic (exact) mass is 288 g/mol. The lowest BCUT2D eigenvalue weighted by molar-refractivity contribution is -0.124. The molecule has 1 aliphatic heterocycles. The third-order valence-corrected chi connectivity index (χ3v) is 4.78. The molecule has 0 unspecified atom stereocenters. The number of carbonyl (C=O) groups is 1. The second-order valence-corrected chi connectivity index (χ2v) is 6.38. The van der Waals surface area contributed by atoms with Gasteiger partial charge >= 0.3 is 0 Å². The van der Waals surface area contributed by atoms with Crippen LogP contribution in [0.25, 0.3) is 0 Å². The fourth-order valence-electron chi connectivity index (χ4n) is 3.48. The number of fused-ring (bicyclic) bond motifs is 1. The van der Waals surface area contributed by atoms with Crippen molar-refractivity contribution in [2.24, 2.45) is 5.92 Å². The van der Waals surface area contributed by atoms with Crippen LogP contribution in [0, 0.1) is 5.92 Å². The maximum atomic E-state index is 12.2. The lowest BCUT2D eigenvalue weighted by Gasteiger charge is -2.37. The van der Waals surface area contributed by atoms with Gasteiger partial charge in [0.1, 0.15) is 0 Å². The third kappa shape index (κ3) is 3.27. The number of rotatable bonds is 5. The molecule has 4 heteroatoms. The molecule has 1 aromatic carbocycles. The molecule has 3 rings (SSSR count). The number of aliphatic hydroxyl groups excluding tert-OH is 1. The highest BCUT2D eigenvalue weighted by Crippen LogP contribution is 2.31. The Morgan fingerprint density at radius 1 is 1.33 bits per heavy atom. The van der Waals surface area contributed by atoms with Crippen molar-refractivity contribution in [3.05, 3.63) is 35.4 Å². The summed E-state index contributed by atoms with van der Waals surface area (Å²) >= 11 is 0. The van der Waals surface area contributed by atoms with Crippen molar-refractivity contribution < 1.29 is 9.90 Å². The first kappa shape index (κ1) is 14.5. The minimum Gasteiger partial charge on any atom is -0.393 e. The quantitative estimate of drug-likeness (QED) is 0.866. The maximum Gasteiger partial charge on any atom is 0.234 e. The molecule has 1 aliphatic carbocycles. The number of aliphatic hydroxyl groups is 1. The van der Waals surface area contributed by atoms with Crippen molar-refractivity contribution >= 4 is 5.91 Å². The Morgan fingerprint density at radius 3 is 2.48 bits per heavy atom. The van der Waals surface area contributed by atoms with Gasteiger partial charge < -0.3 is 10.4 Å². The van der Waals surface area contributed by atoms with E-state index in [-0.39, 0.29) is 18.1 Å². The molecular weight excluding hydrogens is 264 g/mol. The zero-order chi connectivity index (χ0) is 14.8. The normalized spacial score (nSPS) is 26.0. The Balaban J connectivity index is 1.49. The van der Waals surface area contributed by atoms with Crippen LogP contribution in [-0.4, -0.2) is 34.6 Å². The molecule has 0 spiro atoms. The maximum absolute atomic E-state index is 12.2. The number of hydrogen-bond donors (Lipinski definition) is 2. The molecule has 2 N–H and O–H groups in total. The van der Waals surface area contributed by atoms with E-state index in [0.717, 1.165) is 32.4 Å². The number of hydrogen-bond acceptors (Lipinski definition) is 3. The number of amides is 1. The summed E-state index contributed by atoms with van der Waals surface area (Å²) in [5.74, 6) is 0.556.